The predicted molar refractivity (Wildman–Crippen MR) is 99.5 cm³/mol. The van der Waals surface area contributed by atoms with Gasteiger partial charge >= 0.3 is 0 Å². The Morgan fingerprint density at radius 2 is 2.12 bits per heavy atom. The van der Waals surface area contributed by atoms with Gasteiger partial charge in [0.15, 0.2) is 0 Å². The van der Waals surface area contributed by atoms with Crippen molar-refractivity contribution in [2.45, 2.75) is 13.0 Å². The van der Waals surface area contributed by atoms with Gasteiger partial charge in [-0.2, -0.15) is 0 Å². The third-order valence-corrected chi connectivity index (χ3v) is 4.92. The Kier molecular flexibility index (Phi) is 4.67. The average molecular weight is 350 g/mol. The van der Waals surface area contributed by atoms with Crippen LogP contribution in [0.5, 0.6) is 0 Å². The maximum atomic E-state index is 12.2. The number of carbonyl (C=O) groups is 1. The molecule has 3 heterocycles. The van der Waals surface area contributed by atoms with Crippen LogP contribution in [0.3, 0.4) is 0 Å². The van der Waals surface area contributed by atoms with Crippen molar-refractivity contribution < 1.29 is 9.53 Å². The first-order valence-corrected chi connectivity index (χ1v) is 8.88. The number of hydrogen-bond acceptors (Lipinski definition) is 4. The fourth-order valence-electron chi connectivity index (χ4n) is 3.67. The maximum Gasteiger partial charge on any atom is 0.223 e. The average Bonchev–Trinajstić information content (AvgIpc) is 3.26. The summed E-state index contributed by atoms with van der Waals surface area (Å²) in [6, 6.07) is 10.1. The van der Waals surface area contributed by atoms with Crippen LogP contribution in [0.4, 0.5) is 0 Å². The molecule has 0 saturated carbocycles. The van der Waals surface area contributed by atoms with Gasteiger partial charge in [0.1, 0.15) is 5.82 Å². The van der Waals surface area contributed by atoms with E-state index < -0.39 is 0 Å². The Hall–Kier alpha value is -2.73. The minimum absolute atomic E-state index is 0.211. The number of ether oxygens (including phenoxy) is 1. The van der Waals surface area contributed by atoms with Crippen molar-refractivity contribution in [2.75, 3.05) is 26.8 Å². The highest BCUT2D eigenvalue weighted by Gasteiger charge is 2.29. The molecule has 1 aliphatic heterocycles. The lowest BCUT2D eigenvalue weighted by Gasteiger charge is -2.17. The summed E-state index contributed by atoms with van der Waals surface area (Å²) >= 11 is 0. The number of likely N-dealkylation sites (tertiary alicyclic amines) is 1. The van der Waals surface area contributed by atoms with Crippen LogP contribution in [0.2, 0.25) is 0 Å². The molecule has 0 bridgehead atoms. The van der Waals surface area contributed by atoms with Gasteiger partial charge in [0.05, 0.1) is 12.1 Å². The molecule has 1 amide bonds. The molecular weight excluding hydrogens is 328 g/mol. The Labute approximate surface area is 152 Å². The maximum absolute atomic E-state index is 12.2. The third kappa shape index (κ3) is 3.20. The van der Waals surface area contributed by atoms with E-state index in [0.717, 1.165) is 35.4 Å². The van der Waals surface area contributed by atoms with Crippen LogP contribution in [0.1, 0.15) is 6.42 Å². The molecule has 26 heavy (non-hydrogen) atoms. The summed E-state index contributed by atoms with van der Waals surface area (Å²) in [6.07, 6.45) is 6.20. The highest BCUT2D eigenvalue weighted by atomic mass is 16.5. The Morgan fingerprint density at radius 1 is 1.19 bits per heavy atom. The number of rotatable bonds is 6. The van der Waals surface area contributed by atoms with Gasteiger partial charge in [-0.25, -0.2) is 4.98 Å². The monoisotopic (exact) mass is 350 g/mol. The van der Waals surface area contributed by atoms with Gasteiger partial charge in [0.2, 0.25) is 5.91 Å². The molecule has 6 nitrogen and oxygen atoms in total. The van der Waals surface area contributed by atoms with Gasteiger partial charge in [-0.05, 0) is 12.1 Å². The fourth-order valence-corrected chi connectivity index (χ4v) is 3.67. The zero-order valence-corrected chi connectivity index (χ0v) is 14.8. The van der Waals surface area contributed by atoms with Crippen molar-refractivity contribution in [2.24, 2.45) is 5.92 Å². The second-order valence-electron chi connectivity index (χ2n) is 6.68. The second kappa shape index (κ2) is 7.25. The van der Waals surface area contributed by atoms with E-state index in [1.54, 1.807) is 13.3 Å². The quantitative estimate of drug-likeness (QED) is 0.686. The fraction of sp³-hybridized carbons (Fsp3) is 0.350. The number of benzene rings is 1. The molecule has 1 atom stereocenters. The highest BCUT2D eigenvalue weighted by molar-refractivity contribution is 5.92. The topological polar surface area (TPSA) is 60.2 Å². The Balaban J connectivity index is 1.57. The van der Waals surface area contributed by atoms with E-state index in [1.807, 2.05) is 35.5 Å². The molecular formula is C20H22N4O2. The molecule has 0 spiro atoms. The number of imidazole rings is 1. The molecule has 6 heteroatoms. The van der Waals surface area contributed by atoms with Crippen LogP contribution in [0.15, 0.2) is 48.9 Å². The number of aromatic nitrogens is 3. The molecule has 4 rings (SSSR count). The third-order valence-electron chi connectivity index (χ3n) is 4.92. The van der Waals surface area contributed by atoms with Crippen LogP contribution in [0.25, 0.3) is 22.3 Å². The summed E-state index contributed by atoms with van der Waals surface area (Å²) < 4.78 is 7.25. The van der Waals surface area contributed by atoms with E-state index in [1.165, 1.54) is 0 Å². The largest absolute Gasteiger partial charge is 0.383 e. The number of amides is 1. The van der Waals surface area contributed by atoms with Gasteiger partial charge in [-0.1, -0.05) is 18.2 Å². The summed E-state index contributed by atoms with van der Waals surface area (Å²) in [5.41, 5.74) is 2.03. The lowest BCUT2D eigenvalue weighted by Crippen LogP contribution is -2.29. The lowest BCUT2D eigenvalue weighted by atomic mass is 10.1. The van der Waals surface area contributed by atoms with E-state index in [9.17, 15) is 4.79 Å². The minimum Gasteiger partial charge on any atom is -0.383 e. The van der Waals surface area contributed by atoms with E-state index in [4.69, 9.17) is 4.74 Å². The van der Waals surface area contributed by atoms with Gasteiger partial charge in [0.25, 0.3) is 0 Å². The molecule has 1 fully saturated rings. The molecule has 0 N–H and O–H groups in total. The summed E-state index contributed by atoms with van der Waals surface area (Å²) in [7, 11) is 1.66. The normalized spacial score (nSPS) is 17.3. The van der Waals surface area contributed by atoms with E-state index >= 15 is 0 Å². The summed E-state index contributed by atoms with van der Waals surface area (Å²) in [6.45, 7) is 2.80. The number of nitrogens with zero attached hydrogens (tertiary/aromatic N) is 4. The van der Waals surface area contributed by atoms with Crippen LogP contribution in [-0.4, -0.2) is 52.1 Å². The number of fused-ring (bicyclic) bond motifs is 1. The molecule has 3 aromatic rings. The van der Waals surface area contributed by atoms with E-state index in [0.29, 0.717) is 25.5 Å². The molecule has 1 aliphatic rings. The predicted octanol–water partition coefficient (Wildman–Crippen LogP) is 2.59. The number of pyridine rings is 1. The molecule has 1 aromatic carbocycles. The zero-order chi connectivity index (χ0) is 17.9. The zero-order valence-electron chi connectivity index (χ0n) is 14.8. The first kappa shape index (κ1) is 16.7. The lowest BCUT2D eigenvalue weighted by molar-refractivity contribution is -0.128. The molecule has 1 unspecified atom stereocenters. The molecule has 2 aromatic heterocycles. The van der Waals surface area contributed by atoms with Crippen LogP contribution in [0, 0.1) is 5.92 Å². The highest BCUT2D eigenvalue weighted by Crippen LogP contribution is 2.28. The van der Waals surface area contributed by atoms with Crippen LogP contribution < -0.4 is 0 Å². The van der Waals surface area contributed by atoms with Crippen LogP contribution in [-0.2, 0) is 16.1 Å². The smallest absolute Gasteiger partial charge is 0.223 e. The number of carbonyl (C=O) groups excluding carboxylic acids is 1. The standard InChI is InChI=1S/C20H22N4O2/c1-26-11-10-23-13-15(12-19(23)25)14-24-9-8-22-20(24)17-4-2-6-18-16(17)5-3-7-21-18/h2-9,15H,10-14H2,1H3. The summed E-state index contributed by atoms with van der Waals surface area (Å²) in [5.74, 6) is 1.43. The Morgan fingerprint density at radius 3 is 3.00 bits per heavy atom. The Bertz CT molecular complexity index is 916. The van der Waals surface area contributed by atoms with Gasteiger partial charge in [-0.15, -0.1) is 0 Å². The number of methoxy groups -OCH3 is 1. The van der Waals surface area contributed by atoms with Crippen molar-refractivity contribution in [3.63, 3.8) is 0 Å². The van der Waals surface area contributed by atoms with Gasteiger partial charge in [-0.3, -0.25) is 9.78 Å². The van der Waals surface area contributed by atoms with Crippen molar-refractivity contribution >= 4 is 16.8 Å². The summed E-state index contributed by atoms with van der Waals surface area (Å²) in [5, 5.41) is 1.09. The molecule has 0 radical (unpaired) electrons. The molecule has 1 saturated heterocycles. The first-order chi connectivity index (χ1) is 12.8. The number of hydrogen-bond donors (Lipinski definition) is 0. The minimum atomic E-state index is 0.211. The summed E-state index contributed by atoms with van der Waals surface area (Å²) in [4.78, 5) is 23.1. The van der Waals surface area contributed by atoms with Gasteiger partial charge < -0.3 is 14.2 Å². The molecule has 0 aliphatic carbocycles. The van der Waals surface area contributed by atoms with Crippen molar-refractivity contribution in [1.82, 2.24) is 19.4 Å². The van der Waals surface area contributed by atoms with E-state index in [2.05, 4.69) is 26.7 Å². The van der Waals surface area contributed by atoms with Crippen LogP contribution >= 0.6 is 0 Å². The van der Waals surface area contributed by atoms with Crippen molar-refractivity contribution in [3.8, 4) is 11.4 Å². The molecule has 134 valence electrons. The van der Waals surface area contributed by atoms with Crippen molar-refractivity contribution in [3.05, 3.63) is 48.9 Å². The second-order valence-corrected chi connectivity index (χ2v) is 6.68. The van der Waals surface area contributed by atoms with Gasteiger partial charge in [0, 0.05) is 68.6 Å². The van der Waals surface area contributed by atoms with Crippen molar-refractivity contribution in [1.29, 1.82) is 0 Å². The SMILES string of the molecule is COCCN1CC(Cn2ccnc2-c2cccc3ncccc23)CC1=O. The van der Waals surface area contributed by atoms with E-state index in [-0.39, 0.29) is 5.91 Å². The first-order valence-electron chi connectivity index (χ1n) is 8.88.